The van der Waals surface area contributed by atoms with Gasteiger partial charge in [0.15, 0.2) is 0 Å². The molecule has 0 spiro atoms. The molecule has 0 aliphatic rings. The number of amides is 2. The molecule has 0 aliphatic heterocycles. The van der Waals surface area contributed by atoms with Crippen LogP contribution in [0.1, 0.15) is 11.1 Å². The Hall–Kier alpha value is -2.58. The summed E-state index contributed by atoms with van der Waals surface area (Å²) in [7, 11) is 0. The van der Waals surface area contributed by atoms with Crippen molar-refractivity contribution in [1.29, 1.82) is 0 Å². The van der Waals surface area contributed by atoms with Crippen LogP contribution in [0.25, 0.3) is 0 Å². The number of nitrogens with zero attached hydrogens (tertiary/aromatic N) is 1. The molecule has 26 heavy (non-hydrogen) atoms. The van der Waals surface area contributed by atoms with E-state index in [-0.39, 0.29) is 15.7 Å². The molecule has 0 radical (unpaired) electrons. The Balaban J connectivity index is 1.99. The number of carbonyl (C=O) groups is 2. The molecule has 2 amide bonds. The first-order valence-electron chi connectivity index (χ1n) is 6.94. The van der Waals surface area contributed by atoms with E-state index in [0.717, 1.165) is 12.1 Å². The minimum absolute atomic E-state index is 0.179. The molecule has 5 nitrogen and oxygen atoms in total. The smallest absolute Gasteiger partial charge is 0.318 e. The molecule has 0 aromatic heterocycles. The molecule has 2 rings (SSSR count). The highest BCUT2D eigenvalue weighted by Crippen LogP contribution is 2.30. The minimum Gasteiger partial charge on any atom is -0.318 e. The minimum atomic E-state index is -4.57. The lowest BCUT2D eigenvalue weighted by molar-refractivity contribution is -0.137. The Morgan fingerprint density at radius 3 is 2.42 bits per heavy atom. The summed E-state index contributed by atoms with van der Waals surface area (Å²) in [5, 5.41) is 6.10. The molecule has 136 valence electrons. The van der Waals surface area contributed by atoms with Gasteiger partial charge in [-0.1, -0.05) is 41.4 Å². The van der Waals surface area contributed by atoms with Gasteiger partial charge in [-0.2, -0.15) is 18.3 Å². The average molecular weight is 404 g/mol. The van der Waals surface area contributed by atoms with Crippen LogP contribution >= 0.6 is 23.2 Å². The molecule has 0 heterocycles. The van der Waals surface area contributed by atoms with Crippen molar-refractivity contribution in [1.82, 2.24) is 5.43 Å². The van der Waals surface area contributed by atoms with Gasteiger partial charge < -0.3 is 5.32 Å². The summed E-state index contributed by atoms with van der Waals surface area (Å²) < 4.78 is 37.9. The Morgan fingerprint density at radius 2 is 1.73 bits per heavy atom. The molecule has 0 bridgehead atoms. The fraction of sp³-hybridized carbons (Fsp3) is 0.0625. The molecule has 0 fully saturated rings. The van der Waals surface area contributed by atoms with E-state index in [1.165, 1.54) is 12.3 Å². The van der Waals surface area contributed by atoms with Crippen LogP contribution in [0, 0.1) is 0 Å². The SMILES string of the molecule is O=C(N/N=C\c1cccc(Cl)c1Cl)C(=O)Nc1cccc(C(F)(F)F)c1. The van der Waals surface area contributed by atoms with Crippen molar-refractivity contribution in [2.45, 2.75) is 6.18 Å². The van der Waals surface area contributed by atoms with Gasteiger partial charge in [0.2, 0.25) is 0 Å². The van der Waals surface area contributed by atoms with Gasteiger partial charge in [0.05, 0.1) is 21.8 Å². The number of carbonyl (C=O) groups excluding carboxylic acids is 2. The van der Waals surface area contributed by atoms with Crippen molar-refractivity contribution in [2.24, 2.45) is 5.10 Å². The second-order valence-electron chi connectivity index (χ2n) is 4.87. The van der Waals surface area contributed by atoms with Gasteiger partial charge in [0.1, 0.15) is 0 Å². The van der Waals surface area contributed by atoms with Crippen LogP contribution in [0.4, 0.5) is 18.9 Å². The van der Waals surface area contributed by atoms with Crippen molar-refractivity contribution in [3.8, 4) is 0 Å². The lowest BCUT2D eigenvalue weighted by Gasteiger charge is -2.09. The van der Waals surface area contributed by atoms with Crippen LogP contribution in [0.5, 0.6) is 0 Å². The van der Waals surface area contributed by atoms with Gasteiger partial charge in [-0.05, 0) is 24.3 Å². The van der Waals surface area contributed by atoms with E-state index in [1.807, 2.05) is 5.43 Å². The number of halogens is 5. The van der Waals surface area contributed by atoms with E-state index in [4.69, 9.17) is 23.2 Å². The summed E-state index contributed by atoms with van der Waals surface area (Å²) in [6.07, 6.45) is -3.40. The molecule has 0 atom stereocenters. The summed E-state index contributed by atoms with van der Waals surface area (Å²) in [6.45, 7) is 0. The predicted octanol–water partition coefficient (Wildman–Crippen LogP) is 4.10. The second kappa shape index (κ2) is 8.20. The quantitative estimate of drug-likeness (QED) is 0.460. The zero-order valence-electron chi connectivity index (χ0n) is 12.8. The number of hydrogen-bond acceptors (Lipinski definition) is 3. The summed E-state index contributed by atoms with van der Waals surface area (Å²) in [5.41, 5.74) is 1.20. The van der Waals surface area contributed by atoms with E-state index in [9.17, 15) is 22.8 Å². The number of rotatable bonds is 3. The Kier molecular flexibility index (Phi) is 6.23. The van der Waals surface area contributed by atoms with E-state index in [2.05, 4.69) is 10.4 Å². The molecule has 0 aliphatic carbocycles. The first-order valence-corrected chi connectivity index (χ1v) is 7.69. The third-order valence-electron chi connectivity index (χ3n) is 3.01. The summed E-state index contributed by atoms with van der Waals surface area (Å²) in [4.78, 5) is 23.4. The second-order valence-corrected chi connectivity index (χ2v) is 5.66. The van der Waals surface area contributed by atoms with Gasteiger partial charge in [0, 0.05) is 11.3 Å². The fourth-order valence-electron chi connectivity index (χ4n) is 1.79. The van der Waals surface area contributed by atoms with Gasteiger partial charge >= 0.3 is 18.0 Å². The Morgan fingerprint density at radius 1 is 1.04 bits per heavy atom. The maximum Gasteiger partial charge on any atom is 0.416 e. The topological polar surface area (TPSA) is 70.6 Å². The third kappa shape index (κ3) is 5.21. The van der Waals surface area contributed by atoms with Crippen molar-refractivity contribution < 1.29 is 22.8 Å². The first kappa shape index (κ1) is 19.7. The lowest BCUT2D eigenvalue weighted by atomic mass is 10.2. The Bertz CT molecular complexity index is 870. The van der Waals surface area contributed by atoms with Gasteiger partial charge in [-0.25, -0.2) is 5.43 Å². The summed E-state index contributed by atoms with van der Waals surface area (Å²) >= 11 is 11.7. The van der Waals surface area contributed by atoms with Crippen molar-refractivity contribution in [2.75, 3.05) is 5.32 Å². The third-order valence-corrected chi connectivity index (χ3v) is 3.84. The predicted molar refractivity (Wildman–Crippen MR) is 92.3 cm³/mol. The van der Waals surface area contributed by atoms with Crippen molar-refractivity contribution in [3.05, 3.63) is 63.6 Å². The van der Waals surface area contributed by atoms with Crippen LogP contribution < -0.4 is 10.7 Å². The number of nitrogens with one attached hydrogen (secondary N) is 2. The molecule has 2 aromatic rings. The number of hydrazone groups is 1. The molecule has 0 saturated heterocycles. The van der Waals surface area contributed by atoms with Crippen molar-refractivity contribution >= 4 is 46.9 Å². The monoisotopic (exact) mass is 403 g/mol. The zero-order valence-corrected chi connectivity index (χ0v) is 14.3. The number of hydrogen-bond donors (Lipinski definition) is 2. The van der Waals surface area contributed by atoms with Crippen LogP contribution in [-0.4, -0.2) is 18.0 Å². The number of alkyl halides is 3. The maximum absolute atomic E-state index is 12.6. The summed E-state index contributed by atoms with van der Waals surface area (Å²) in [5.74, 6) is -2.35. The van der Waals surface area contributed by atoms with Crippen LogP contribution in [0.2, 0.25) is 10.0 Å². The van der Waals surface area contributed by atoms with Gasteiger partial charge in [-0.3, -0.25) is 9.59 Å². The highest BCUT2D eigenvalue weighted by Gasteiger charge is 2.30. The van der Waals surface area contributed by atoms with E-state index in [1.54, 1.807) is 18.2 Å². The van der Waals surface area contributed by atoms with Gasteiger partial charge in [0.25, 0.3) is 0 Å². The largest absolute Gasteiger partial charge is 0.416 e. The van der Waals surface area contributed by atoms with Crippen molar-refractivity contribution in [3.63, 3.8) is 0 Å². The molecular weight excluding hydrogens is 394 g/mol. The molecule has 0 saturated carbocycles. The fourth-order valence-corrected chi connectivity index (χ4v) is 2.15. The molecule has 10 heteroatoms. The molecule has 0 unspecified atom stereocenters. The highest BCUT2D eigenvalue weighted by atomic mass is 35.5. The molecular formula is C16H10Cl2F3N3O2. The molecule has 2 aromatic carbocycles. The average Bonchev–Trinajstić information content (AvgIpc) is 2.58. The first-order chi connectivity index (χ1) is 12.2. The standard InChI is InChI=1S/C16H10Cl2F3N3O2/c17-12-6-1-3-9(13(12)18)8-22-24-15(26)14(25)23-11-5-2-4-10(7-11)16(19,20)21/h1-8H,(H,23,25)(H,24,26)/b22-8-. The normalized spacial score (nSPS) is 11.4. The molecule has 2 N–H and O–H groups in total. The Labute approximate surface area is 155 Å². The van der Waals surface area contributed by atoms with E-state index >= 15 is 0 Å². The van der Waals surface area contributed by atoms with E-state index < -0.39 is 23.6 Å². The van der Waals surface area contributed by atoms with Crippen LogP contribution in [0.3, 0.4) is 0 Å². The van der Waals surface area contributed by atoms with Crippen LogP contribution in [-0.2, 0) is 15.8 Å². The number of anilines is 1. The van der Waals surface area contributed by atoms with Crippen LogP contribution in [0.15, 0.2) is 47.6 Å². The summed E-state index contributed by atoms with van der Waals surface area (Å²) in [6, 6.07) is 8.62. The van der Waals surface area contributed by atoms with Gasteiger partial charge in [-0.15, -0.1) is 0 Å². The maximum atomic E-state index is 12.6. The highest BCUT2D eigenvalue weighted by molar-refractivity contribution is 6.43. The lowest BCUT2D eigenvalue weighted by Crippen LogP contribution is -2.32. The number of benzene rings is 2. The van der Waals surface area contributed by atoms with E-state index in [0.29, 0.717) is 11.6 Å². The zero-order chi connectivity index (χ0) is 19.3.